The van der Waals surface area contributed by atoms with Crippen LogP contribution in [0.25, 0.3) is 6.08 Å². The number of benzene rings is 1. The number of hydrogen-bond donors (Lipinski definition) is 2. The number of nitrogens with one attached hydrogen (secondary N) is 2. The van der Waals surface area contributed by atoms with Crippen molar-refractivity contribution in [2.75, 3.05) is 32.7 Å². The lowest BCUT2D eigenvalue weighted by molar-refractivity contribution is -0.895. The van der Waals surface area contributed by atoms with Crippen LogP contribution in [0.5, 0.6) is 0 Å². The fourth-order valence-corrected chi connectivity index (χ4v) is 4.30. The first-order chi connectivity index (χ1) is 12.4. The molecule has 26 heavy (non-hydrogen) atoms. The number of nitrogens with zero attached hydrogens (tertiary/aromatic N) is 1. The van der Waals surface area contributed by atoms with Gasteiger partial charge in [-0.3, -0.25) is 4.79 Å². The van der Waals surface area contributed by atoms with E-state index < -0.39 is 10.0 Å². The number of rotatable bonds is 8. The Hall–Kier alpha value is -1.70. The zero-order valence-corrected chi connectivity index (χ0v) is 16.5. The van der Waals surface area contributed by atoms with Crippen LogP contribution >= 0.6 is 0 Å². The van der Waals surface area contributed by atoms with Crippen LogP contribution < -0.4 is 10.2 Å². The zero-order valence-electron chi connectivity index (χ0n) is 15.6. The van der Waals surface area contributed by atoms with E-state index in [4.69, 9.17) is 0 Å². The van der Waals surface area contributed by atoms with Crippen molar-refractivity contribution in [1.82, 2.24) is 9.62 Å². The van der Waals surface area contributed by atoms with E-state index in [-0.39, 0.29) is 11.9 Å². The minimum Gasteiger partial charge on any atom is -0.349 e. The molecule has 1 heterocycles. The second kappa shape index (κ2) is 9.85. The molecule has 0 bridgehead atoms. The van der Waals surface area contributed by atoms with Gasteiger partial charge >= 0.3 is 0 Å². The van der Waals surface area contributed by atoms with Crippen LogP contribution in [0.2, 0.25) is 0 Å². The van der Waals surface area contributed by atoms with Crippen molar-refractivity contribution in [2.24, 2.45) is 0 Å². The topological polar surface area (TPSA) is 70.9 Å². The van der Waals surface area contributed by atoms with Gasteiger partial charge in [-0.2, -0.15) is 4.31 Å². The van der Waals surface area contributed by atoms with E-state index in [0.29, 0.717) is 32.7 Å². The Kier molecular flexibility index (Phi) is 7.81. The van der Waals surface area contributed by atoms with Crippen molar-refractivity contribution in [1.29, 1.82) is 0 Å². The number of hydrogen-bond acceptors (Lipinski definition) is 3. The predicted molar refractivity (Wildman–Crippen MR) is 104 cm³/mol. The van der Waals surface area contributed by atoms with Crippen molar-refractivity contribution in [3.05, 3.63) is 41.3 Å². The molecule has 144 valence electrons. The van der Waals surface area contributed by atoms with E-state index >= 15 is 0 Å². The van der Waals surface area contributed by atoms with Crippen LogP contribution in [0.3, 0.4) is 0 Å². The maximum atomic E-state index is 12.5. The lowest BCUT2D eigenvalue weighted by Crippen LogP contribution is -3.15. The summed E-state index contributed by atoms with van der Waals surface area (Å²) in [5, 5.41) is 4.28. The van der Waals surface area contributed by atoms with Crippen molar-refractivity contribution in [2.45, 2.75) is 32.7 Å². The highest BCUT2D eigenvalue weighted by Crippen LogP contribution is 2.08. The normalized spacial score (nSPS) is 18.1. The molecular formula is C19H30N3O3S+. The van der Waals surface area contributed by atoms with Crippen LogP contribution in [-0.2, 0) is 14.8 Å². The highest BCUT2D eigenvalue weighted by Gasteiger charge is 2.28. The summed E-state index contributed by atoms with van der Waals surface area (Å²) in [6, 6.07) is 9.57. The molecule has 0 saturated carbocycles. The Morgan fingerprint density at radius 3 is 2.54 bits per heavy atom. The van der Waals surface area contributed by atoms with Gasteiger partial charge in [0, 0.05) is 11.4 Å². The second-order valence-electron chi connectivity index (χ2n) is 6.84. The van der Waals surface area contributed by atoms with E-state index in [0.717, 1.165) is 23.3 Å². The predicted octanol–water partition coefficient (Wildman–Crippen LogP) is 0.492. The van der Waals surface area contributed by atoms with E-state index in [9.17, 15) is 13.2 Å². The van der Waals surface area contributed by atoms with Gasteiger partial charge in [0.2, 0.25) is 10.0 Å². The maximum Gasteiger partial charge on any atom is 0.275 e. The van der Waals surface area contributed by atoms with Crippen molar-refractivity contribution < 1.29 is 18.1 Å². The Bertz CT molecular complexity index is 696. The molecule has 0 aliphatic carbocycles. The number of sulfonamides is 1. The van der Waals surface area contributed by atoms with Crippen LogP contribution in [0.4, 0.5) is 0 Å². The molecule has 0 unspecified atom stereocenters. The third kappa shape index (κ3) is 6.55. The minimum atomic E-state index is -3.42. The van der Waals surface area contributed by atoms with Crippen LogP contribution in [-0.4, -0.2) is 57.4 Å². The molecule has 1 aliphatic rings. The Balaban J connectivity index is 1.81. The van der Waals surface area contributed by atoms with Crippen LogP contribution in [0, 0.1) is 0 Å². The summed E-state index contributed by atoms with van der Waals surface area (Å²) in [4.78, 5) is 13.2. The molecule has 0 aromatic heterocycles. The molecule has 1 aliphatic heterocycles. The molecule has 7 heteroatoms. The molecule has 2 rings (SSSR count). The summed E-state index contributed by atoms with van der Waals surface area (Å²) >= 11 is 0. The molecule has 2 N–H and O–H groups in total. The number of amides is 1. The molecule has 1 saturated heterocycles. The van der Waals surface area contributed by atoms with Crippen molar-refractivity contribution >= 4 is 22.0 Å². The zero-order chi connectivity index (χ0) is 19.0. The molecule has 1 aromatic rings. The van der Waals surface area contributed by atoms with Crippen LogP contribution in [0.15, 0.2) is 35.7 Å². The van der Waals surface area contributed by atoms with E-state index in [1.807, 2.05) is 37.3 Å². The monoisotopic (exact) mass is 380 g/mol. The molecule has 1 amide bonds. The average molecular weight is 381 g/mol. The van der Waals surface area contributed by atoms with Gasteiger partial charge < -0.3 is 10.2 Å². The van der Waals surface area contributed by atoms with Gasteiger partial charge in [0.15, 0.2) is 6.54 Å². The summed E-state index contributed by atoms with van der Waals surface area (Å²) in [7, 11) is -3.42. The standard InChI is InChI=1S/C19H29N3O3S/c1-3-7-17(2)20-19(23)16-21-11-13-22(14-12-21)26(24,25)15-10-18-8-5-4-6-9-18/h4-6,8-10,15,17H,3,7,11-14,16H2,1-2H3,(H,20,23)/p+1/b15-10+/t17-/m1/s1. The number of piperazine rings is 1. The fraction of sp³-hybridized carbons (Fsp3) is 0.526. The van der Waals surface area contributed by atoms with Gasteiger partial charge in [-0.25, -0.2) is 8.42 Å². The molecule has 0 spiro atoms. The molecule has 1 aromatic carbocycles. The Labute approximate surface area is 156 Å². The highest BCUT2D eigenvalue weighted by atomic mass is 32.2. The molecule has 1 fully saturated rings. The van der Waals surface area contributed by atoms with Gasteiger partial charge in [-0.05, 0) is 25.0 Å². The van der Waals surface area contributed by atoms with Gasteiger partial charge in [-0.15, -0.1) is 0 Å². The SMILES string of the molecule is CCC[C@@H](C)NC(=O)C[NH+]1CCN(S(=O)(=O)/C=C/c2ccccc2)CC1. The first-order valence-electron chi connectivity index (χ1n) is 9.27. The van der Waals surface area contributed by atoms with Crippen molar-refractivity contribution in [3.63, 3.8) is 0 Å². The maximum absolute atomic E-state index is 12.5. The van der Waals surface area contributed by atoms with Gasteiger partial charge in [0.25, 0.3) is 5.91 Å². The molecular weight excluding hydrogens is 350 g/mol. The minimum absolute atomic E-state index is 0.0428. The number of carbonyl (C=O) groups is 1. The van der Waals surface area contributed by atoms with Gasteiger partial charge in [0.05, 0.1) is 26.2 Å². The lowest BCUT2D eigenvalue weighted by atomic mass is 10.2. The summed E-state index contributed by atoms with van der Waals surface area (Å²) < 4.78 is 26.4. The molecule has 6 nitrogen and oxygen atoms in total. The largest absolute Gasteiger partial charge is 0.349 e. The van der Waals surface area contributed by atoms with Gasteiger partial charge in [-0.1, -0.05) is 43.7 Å². The fourth-order valence-electron chi connectivity index (χ4n) is 3.11. The van der Waals surface area contributed by atoms with Gasteiger partial charge in [0.1, 0.15) is 0 Å². The number of carbonyl (C=O) groups excluding carboxylic acids is 1. The summed E-state index contributed by atoms with van der Waals surface area (Å²) in [5.41, 5.74) is 0.859. The van der Waals surface area contributed by atoms with Crippen molar-refractivity contribution in [3.8, 4) is 0 Å². The van der Waals surface area contributed by atoms with E-state index in [2.05, 4.69) is 12.2 Å². The van der Waals surface area contributed by atoms with E-state index in [1.165, 1.54) is 9.71 Å². The lowest BCUT2D eigenvalue weighted by Gasteiger charge is -2.30. The first-order valence-corrected chi connectivity index (χ1v) is 10.8. The second-order valence-corrected chi connectivity index (χ2v) is 8.66. The summed E-state index contributed by atoms with van der Waals surface area (Å²) in [6.07, 6.45) is 3.64. The third-order valence-electron chi connectivity index (χ3n) is 4.56. The third-order valence-corrected chi connectivity index (χ3v) is 6.13. The first kappa shape index (κ1) is 20.6. The number of quaternary nitrogens is 1. The highest BCUT2D eigenvalue weighted by molar-refractivity contribution is 7.92. The Morgan fingerprint density at radius 2 is 1.92 bits per heavy atom. The molecule has 0 radical (unpaired) electrons. The summed E-state index contributed by atoms with van der Waals surface area (Å²) in [5.74, 6) is 0.0428. The average Bonchev–Trinajstić information content (AvgIpc) is 2.61. The molecule has 1 atom stereocenters. The Morgan fingerprint density at radius 1 is 1.27 bits per heavy atom. The quantitative estimate of drug-likeness (QED) is 0.690. The smallest absolute Gasteiger partial charge is 0.275 e. The van der Waals surface area contributed by atoms with Crippen LogP contribution in [0.1, 0.15) is 32.3 Å². The van der Waals surface area contributed by atoms with E-state index in [1.54, 1.807) is 6.08 Å². The summed E-state index contributed by atoms with van der Waals surface area (Å²) in [6.45, 7) is 6.69.